The number of hydrogen-bond acceptors (Lipinski definition) is 7. The molecule has 5 atom stereocenters. The molecule has 5 aliphatic rings. The standard InChI is InChI=1S/C30H33N3O4S/c1-32(25(35)14-19-3-2-4-21(13-19)31-17-38)22-9-10-30(36)24-15-20-7-8-23(34)27-26(20)29(30,28(22)37-27)11-12-33(24)16-18-5-6-18/h2-4,7-8,13,18,22,24,28,34,36H,5-6,9-12,14-16H2,1H3/t22?,24-,28?,29-,30?/m0/s1. The Morgan fingerprint density at radius 2 is 2.11 bits per heavy atom. The molecule has 3 aliphatic carbocycles. The van der Waals surface area contributed by atoms with Crippen molar-refractivity contribution in [2.24, 2.45) is 10.9 Å². The average molecular weight is 532 g/mol. The lowest BCUT2D eigenvalue weighted by molar-refractivity contribution is -0.200. The number of amides is 1. The van der Waals surface area contributed by atoms with Crippen molar-refractivity contribution in [1.82, 2.24) is 9.80 Å². The summed E-state index contributed by atoms with van der Waals surface area (Å²) in [6.45, 7) is 1.94. The number of thiocarbonyl (C=S) groups is 1. The molecule has 2 aromatic carbocycles. The summed E-state index contributed by atoms with van der Waals surface area (Å²) < 4.78 is 6.63. The van der Waals surface area contributed by atoms with E-state index in [-0.39, 0.29) is 30.2 Å². The SMILES string of the molecule is CN(C(=O)Cc1cccc(N=C=S)c1)C1CCC2(O)[C@@H]3Cc4ccc(O)c5c4[C@@]2(CCN3CC2CC2)C1O5. The van der Waals surface area contributed by atoms with Crippen LogP contribution in [0.3, 0.4) is 0 Å². The molecule has 3 fully saturated rings. The summed E-state index contributed by atoms with van der Waals surface area (Å²) in [7, 11) is 1.85. The van der Waals surface area contributed by atoms with Gasteiger partial charge in [-0.05, 0) is 92.5 Å². The van der Waals surface area contributed by atoms with Crippen LogP contribution in [0.4, 0.5) is 5.69 Å². The number of likely N-dealkylation sites (N-methyl/N-ethyl adjacent to an activating group) is 1. The van der Waals surface area contributed by atoms with E-state index in [9.17, 15) is 15.0 Å². The molecule has 0 aromatic heterocycles. The third kappa shape index (κ3) is 3.37. The molecule has 2 aliphatic heterocycles. The van der Waals surface area contributed by atoms with Crippen LogP contribution in [0.15, 0.2) is 41.4 Å². The van der Waals surface area contributed by atoms with Gasteiger partial charge in [-0.2, -0.15) is 4.99 Å². The summed E-state index contributed by atoms with van der Waals surface area (Å²) in [5, 5.41) is 25.9. The highest BCUT2D eigenvalue weighted by Gasteiger charge is 2.73. The van der Waals surface area contributed by atoms with Crippen molar-refractivity contribution in [3.05, 3.63) is 53.1 Å². The molecule has 7 nitrogen and oxygen atoms in total. The average Bonchev–Trinajstić information content (AvgIpc) is 3.64. The third-order valence-electron chi connectivity index (χ3n) is 10.1. The van der Waals surface area contributed by atoms with Crippen LogP contribution in [-0.4, -0.2) is 75.0 Å². The highest BCUT2D eigenvalue weighted by atomic mass is 32.1. The van der Waals surface area contributed by atoms with Gasteiger partial charge in [-0.25, -0.2) is 0 Å². The predicted octanol–water partition coefficient (Wildman–Crippen LogP) is 3.76. The molecule has 38 heavy (non-hydrogen) atoms. The maximum atomic E-state index is 13.6. The number of rotatable bonds is 6. The summed E-state index contributed by atoms with van der Waals surface area (Å²) in [6.07, 6.45) is 5.17. The monoisotopic (exact) mass is 531 g/mol. The van der Waals surface area contributed by atoms with E-state index in [0.29, 0.717) is 24.3 Å². The Morgan fingerprint density at radius 1 is 1.26 bits per heavy atom. The second-order valence-corrected chi connectivity index (χ2v) is 12.1. The van der Waals surface area contributed by atoms with Gasteiger partial charge in [0.15, 0.2) is 11.5 Å². The molecule has 1 saturated heterocycles. The molecule has 2 saturated carbocycles. The minimum Gasteiger partial charge on any atom is -0.504 e. The Bertz CT molecular complexity index is 1370. The molecule has 8 heteroatoms. The smallest absolute Gasteiger partial charge is 0.227 e. The first kappa shape index (κ1) is 24.3. The minimum atomic E-state index is -0.954. The van der Waals surface area contributed by atoms with E-state index in [1.165, 1.54) is 18.4 Å². The minimum absolute atomic E-state index is 0.0112. The molecule has 2 bridgehead atoms. The Labute approximate surface area is 228 Å². The number of nitrogens with zero attached hydrogens (tertiary/aromatic N) is 3. The van der Waals surface area contributed by atoms with Gasteiger partial charge in [0.25, 0.3) is 0 Å². The van der Waals surface area contributed by atoms with Gasteiger partial charge in [0.2, 0.25) is 5.91 Å². The van der Waals surface area contributed by atoms with Gasteiger partial charge >= 0.3 is 0 Å². The van der Waals surface area contributed by atoms with Crippen LogP contribution in [0, 0.1) is 5.92 Å². The van der Waals surface area contributed by atoms with Crippen LogP contribution >= 0.6 is 12.2 Å². The number of aliphatic imine (C=N–C) groups is 1. The fourth-order valence-electron chi connectivity index (χ4n) is 8.12. The van der Waals surface area contributed by atoms with Crippen molar-refractivity contribution < 1.29 is 19.7 Å². The number of phenols is 1. The highest BCUT2D eigenvalue weighted by molar-refractivity contribution is 7.78. The van der Waals surface area contributed by atoms with E-state index in [1.807, 2.05) is 42.3 Å². The zero-order valence-electron chi connectivity index (χ0n) is 21.6. The second-order valence-electron chi connectivity index (χ2n) is 12.0. The zero-order valence-corrected chi connectivity index (χ0v) is 22.4. The van der Waals surface area contributed by atoms with Crippen LogP contribution in [0.1, 0.15) is 48.8 Å². The molecule has 2 aromatic rings. The number of benzene rings is 2. The quantitative estimate of drug-likeness (QED) is 0.436. The van der Waals surface area contributed by atoms with Gasteiger partial charge in [0.1, 0.15) is 6.10 Å². The lowest BCUT2D eigenvalue weighted by atomic mass is 9.48. The highest BCUT2D eigenvalue weighted by Crippen LogP contribution is 2.66. The van der Waals surface area contributed by atoms with Gasteiger partial charge in [-0.1, -0.05) is 18.2 Å². The Hall–Kier alpha value is -2.77. The van der Waals surface area contributed by atoms with E-state index in [0.717, 1.165) is 43.0 Å². The molecule has 198 valence electrons. The fourth-order valence-corrected chi connectivity index (χ4v) is 8.23. The lowest BCUT2D eigenvalue weighted by Crippen LogP contribution is -2.78. The van der Waals surface area contributed by atoms with E-state index >= 15 is 0 Å². The molecule has 0 radical (unpaired) electrons. The molecule has 1 amide bonds. The van der Waals surface area contributed by atoms with Gasteiger partial charge < -0.3 is 19.8 Å². The van der Waals surface area contributed by atoms with Crippen molar-refractivity contribution in [1.29, 1.82) is 0 Å². The normalized spacial score (nSPS) is 32.6. The maximum Gasteiger partial charge on any atom is 0.227 e. The molecular weight excluding hydrogens is 498 g/mol. The van der Waals surface area contributed by atoms with Crippen molar-refractivity contribution in [2.75, 3.05) is 20.1 Å². The number of hydrogen-bond donors (Lipinski definition) is 2. The van der Waals surface area contributed by atoms with Crippen LogP contribution in [0.25, 0.3) is 0 Å². The molecule has 2 N–H and O–H groups in total. The maximum absolute atomic E-state index is 13.6. The van der Waals surface area contributed by atoms with Crippen LogP contribution in [-0.2, 0) is 23.1 Å². The zero-order chi connectivity index (χ0) is 26.2. The lowest BCUT2D eigenvalue weighted by Gasteiger charge is -2.64. The molecule has 7 rings (SSSR count). The van der Waals surface area contributed by atoms with Crippen molar-refractivity contribution in [2.45, 2.75) is 74.1 Å². The van der Waals surface area contributed by atoms with Crippen molar-refractivity contribution in [3.8, 4) is 11.5 Å². The topological polar surface area (TPSA) is 85.6 Å². The largest absolute Gasteiger partial charge is 0.504 e. The number of aliphatic hydroxyl groups is 1. The molecule has 2 heterocycles. The van der Waals surface area contributed by atoms with Crippen LogP contribution in [0.2, 0.25) is 0 Å². The summed E-state index contributed by atoms with van der Waals surface area (Å²) in [5.41, 5.74) is 2.11. The first-order chi connectivity index (χ1) is 18.4. The van der Waals surface area contributed by atoms with E-state index in [1.54, 1.807) is 6.07 Å². The predicted molar refractivity (Wildman–Crippen MR) is 146 cm³/mol. The van der Waals surface area contributed by atoms with Gasteiger partial charge in [-0.3, -0.25) is 9.69 Å². The van der Waals surface area contributed by atoms with Crippen molar-refractivity contribution >= 4 is 29.0 Å². The first-order valence-electron chi connectivity index (χ1n) is 13.8. The summed E-state index contributed by atoms with van der Waals surface area (Å²) >= 11 is 4.73. The van der Waals surface area contributed by atoms with E-state index < -0.39 is 17.1 Å². The van der Waals surface area contributed by atoms with Crippen molar-refractivity contribution in [3.63, 3.8) is 0 Å². The number of aromatic hydroxyl groups is 1. The number of carbonyl (C=O) groups excluding carboxylic acids is 1. The number of likely N-dealkylation sites (tertiary alicyclic amines) is 1. The number of phenolic OH excluding ortho intramolecular Hbond substituents is 1. The van der Waals surface area contributed by atoms with Gasteiger partial charge in [0.05, 0.1) is 34.3 Å². The van der Waals surface area contributed by atoms with Crippen LogP contribution in [0.5, 0.6) is 11.5 Å². The van der Waals surface area contributed by atoms with E-state index in [2.05, 4.69) is 15.1 Å². The van der Waals surface area contributed by atoms with Gasteiger partial charge in [0, 0.05) is 25.2 Å². The van der Waals surface area contributed by atoms with E-state index in [4.69, 9.17) is 17.0 Å². The number of piperidine rings is 1. The summed E-state index contributed by atoms with van der Waals surface area (Å²) in [4.78, 5) is 22.0. The summed E-state index contributed by atoms with van der Waals surface area (Å²) in [6, 6.07) is 11.0. The Morgan fingerprint density at radius 3 is 2.89 bits per heavy atom. The Balaban J connectivity index is 1.24. The van der Waals surface area contributed by atoms with Gasteiger partial charge in [-0.15, -0.1) is 0 Å². The number of ether oxygens (including phenoxy) is 1. The fraction of sp³-hybridized carbons (Fsp3) is 0.533. The number of carbonyl (C=O) groups is 1. The third-order valence-corrected chi connectivity index (χ3v) is 10.2. The Kier molecular flexibility index (Phi) is 5.51. The number of isothiocyanates is 1. The second kappa shape index (κ2) is 8.62. The molecular formula is C30H33N3O4S. The molecule has 1 spiro atoms. The first-order valence-corrected chi connectivity index (χ1v) is 14.2. The summed E-state index contributed by atoms with van der Waals surface area (Å²) in [5.74, 6) is 1.37. The molecule has 3 unspecified atom stereocenters. The van der Waals surface area contributed by atoms with Crippen LogP contribution < -0.4 is 4.74 Å².